The summed E-state index contributed by atoms with van der Waals surface area (Å²) in [6.45, 7) is 1.58. The first kappa shape index (κ1) is 8.78. The Hall–Kier alpha value is -1.31. The van der Waals surface area contributed by atoms with Gasteiger partial charge < -0.3 is 9.84 Å². The molecule has 0 saturated heterocycles. The summed E-state index contributed by atoms with van der Waals surface area (Å²) < 4.78 is 4.73. The predicted octanol–water partition coefficient (Wildman–Crippen LogP) is 0.562. The molecule has 0 bridgehead atoms. The Bertz CT molecular complexity index is 267. The molecule has 1 aliphatic carbocycles. The van der Waals surface area contributed by atoms with Crippen molar-refractivity contribution in [2.75, 3.05) is 6.61 Å². The van der Waals surface area contributed by atoms with E-state index in [1.54, 1.807) is 25.2 Å². The molecule has 0 saturated carbocycles. The quantitative estimate of drug-likeness (QED) is 0.492. The van der Waals surface area contributed by atoms with E-state index in [1.807, 2.05) is 0 Å². The summed E-state index contributed by atoms with van der Waals surface area (Å²) in [6.07, 6.45) is 4.34. The molecule has 1 aliphatic rings. The van der Waals surface area contributed by atoms with E-state index in [1.165, 1.54) is 0 Å². The second-order valence-corrected chi connectivity index (χ2v) is 2.53. The van der Waals surface area contributed by atoms with Gasteiger partial charge in [0.25, 0.3) is 0 Å². The Labute approximate surface area is 70.7 Å². The van der Waals surface area contributed by atoms with Crippen LogP contribution in [0.25, 0.3) is 0 Å². The van der Waals surface area contributed by atoms with Gasteiger partial charge in [0.05, 0.1) is 6.10 Å². The monoisotopic (exact) mass is 166 g/mol. The predicted molar refractivity (Wildman–Crippen MR) is 43.4 cm³/mol. The van der Waals surface area contributed by atoms with Gasteiger partial charge in [-0.2, -0.15) is 0 Å². The van der Waals surface area contributed by atoms with Crippen molar-refractivity contribution in [1.82, 2.24) is 0 Å². The van der Waals surface area contributed by atoms with Crippen LogP contribution in [0.15, 0.2) is 29.5 Å². The molecule has 1 N–H and O–H groups in total. The van der Waals surface area contributed by atoms with E-state index in [0.717, 1.165) is 0 Å². The number of ether oxygens (including phenoxy) is 1. The minimum Gasteiger partial charge on any atom is -0.459 e. The summed E-state index contributed by atoms with van der Waals surface area (Å²) in [6, 6.07) is 0. The normalized spacial score (nSPS) is 16.0. The molecule has 3 heteroatoms. The molecule has 0 spiro atoms. The van der Waals surface area contributed by atoms with Gasteiger partial charge in [-0.25, -0.2) is 4.79 Å². The number of carbonyl (C=O) groups excluding carboxylic acids is 1. The molecule has 12 heavy (non-hydrogen) atoms. The molecule has 0 aliphatic heterocycles. The van der Waals surface area contributed by atoms with Gasteiger partial charge in [-0.3, -0.25) is 0 Å². The minimum atomic E-state index is -0.621. The highest BCUT2D eigenvalue weighted by atomic mass is 16.5. The lowest BCUT2D eigenvalue weighted by molar-refractivity contribution is -0.141. The molecular weight excluding hydrogens is 156 g/mol. The molecule has 1 unspecified atom stereocenters. The SMILES string of the molecule is CC(O)COC(=O)C1=C=CC=C1. The molecule has 0 heterocycles. The summed E-state index contributed by atoms with van der Waals surface area (Å²) in [7, 11) is 0. The van der Waals surface area contributed by atoms with Crippen LogP contribution in [0.1, 0.15) is 6.92 Å². The van der Waals surface area contributed by atoms with Crippen LogP contribution < -0.4 is 0 Å². The van der Waals surface area contributed by atoms with Crippen LogP contribution in [0.2, 0.25) is 0 Å². The fourth-order valence-corrected chi connectivity index (χ4v) is 0.731. The van der Waals surface area contributed by atoms with E-state index in [9.17, 15) is 4.79 Å². The number of rotatable bonds is 3. The van der Waals surface area contributed by atoms with Gasteiger partial charge >= 0.3 is 5.97 Å². The van der Waals surface area contributed by atoms with Crippen molar-refractivity contribution < 1.29 is 14.6 Å². The van der Waals surface area contributed by atoms with E-state index in [4.69, 9.17) is 9.84 Å². The second-order valence-electron chi connectivity index (χ2n) is 2.53. The second kappa shape index (κ2) is 3.90. The molecule has 3 nitrogen and oxygen atoms in total. The zero-order chi connectivity index (χ0) is 8.97. The number of aliphatic hydroxyl groups is 1. The Balaban J connectivity index is 2.39. The lowest BCUT2D eigenvalue weighted by Crippen LogP contribution is -2.15. The maximum atomic E-state index is 11.0. The van der Waals surface area contributed by atoms with E-state index in [2.05, 4.69) is 5.73 Å². The fraction of sp³-hybridized carbons (Fsp3) is 0.333. The lowest BCUT2D eigenvalue weighted by atomic mass is 10.3. The maximum absolute atomic E-state index is 11.0. The topological polar surface area (TPSA) is 46.5 Å². The van der Waals surface area contributed by atoms with E-state index in [-0.39, 0.29) is 6.61 Å². The molecule has 0 aromatic carbocycles. The minimum absolute atomic E-state index is 0.0256. The van der Waals surface area contributed by atoms with Crippen molar-refractivity contribution in [3.05, 3.63) is 29.5 Å². The Morgan fingerprint density at radius 2 is 2.58 bits per heavy atom. The van der Waals surface area contributed by atoms with E-state index in [0.29, 0.717) is 5.57 Å². The summed E-state index contributed by atoms with van der Waals surface area (Å²) in [5.74, 6) is -0.444. The number of aliphatic hydroxyl groups excluding tert-OH is 1. The third kappa shape index (κ3) is 2.38. The Kier molecular flexibility index (Phi) is 2.86. The van der Waals surface area contributed by atoms with Gasteiger partial charge in [0, 0.05) is 0 Å². The number of allylic oxidation sites excluding steroid dienone is 1. The first-order chi connectivity index (χ1) is 5.70. The van der Waals surface area contributed by atoms with Gasteiger partial charge in [-0.15, -0.1) is 5.73 Å². The first-order valence-electron chi connectivity index (χ1n) is 3.68. The Morgan fingerprint density at radius 1 is 1.83 bits per heavy atom. The van der Waals surface area contributed by atoms with Gasteiger partial charge in [0.2, 0.25) is 0 Å². The Morgan fingerprint density at radius 3 is 3.08 bits per heavy atom. The van der Waals surface area contributed by atoms with Crippen LogP contribution in [-0.2, 0) is 9.53 Å². The molecule has 1 rings (SSSR count). The summed E-state index contributed by atoms with van der Waals surface area (Å²) >= 11 is 0. The zero-order valence-corrected chi connectivity index (χ0v) is 6.78. The van der Waals surface area contributed by atoms with Gasteiger partial charge in [-0.1, -0.05) is 6.08 Å². The van der Waals surface area contributed by atoms with Crippen LogP contribution in [0.5, 0.6) is 0 Å². The smallest absolute Gasteiger partial charge is 0.346 e. The fourth-order valence-electron chi connectivity index (χ4n) is 0.731. The first-order valence-corrected chi connectivity index (χ1v) is 3.68. The molecule has 1 atom stereocenters. The van der Waals surface area contributed by atoms with E-state index < -0.39 is 12.1 Å². The van der Waals surface area contributed by atoms with Gasteiger partial charge in [0.15, 0.2) is 0 Å². The third-order valence-corrected chi connectivity index (χ3v) is 1.27. The highest BCUT2D eigenvalue weighted by molar-refractivity contribution is 5.92. The lowest BCUT2D eigenvalue weighted by Gasteiger charge is -2.04. The van der Waals surface area contributed by atoms with Crippen LogP contribution in [0.3, 0.4) is 0 Å². The standard InChI is InChI=1S/C9H10O3/c1-7(10)6-12-9(11)8-4-2-3-5-8/h2-4,7,10H,6H2,1H3. The summed E-state index contributed by atoms with van der Waals surface area (Å²) in [4.78, 5) is 11.0. The number of hydrogen-bond acceptors (Lipinski definition) is 3. The summed E-state index contributed by atoms with van der Waals surface area (Å²) in [5, 5.41) is 8.81. The largest absolute Gasteiger partial charge is 0.459 e. The number of hydrogen-bond donors (Lipinski definition) is 1. The molecule has 0 amide bonds. The van der Waals surface area contributed by atoms with Crippen molar-refractivity contribution in [2.45, 2.75) is 13.0 Å². The number of carbonyl (C=O) groups is 1. The van der Waals surface area contributed by atoms with Crippen molar-refractivity contribution >= 4 is 5.97 Å². The molecule has 0 aromatic heterocycles. The van der Waals surface area contributed by atoms with Gasteiger partial charge in [-0.05, 0) is 19.1 Å². The molecule has 64 valence electrons. The van der Waals surface area contributed by atoms with Gasteiger partial charge in [0.1, 0.15) is 12.2 Å². The third-order valence-electron chi connectivity index (χ3n) is 1.27. The van der Waals surface area contributed by atoms with Crippen molar-refractivity contribution in [3.8, 4) is 0 Å². The molecule has 0 fully saturated rings. The zero-order valence-electron chi connectivity index (χ0n) is 6.78. The average molecular weight is 166 g/mol. The van der Waals surface area contributed by atoms with Crippen molar-refractivity contribution in [1.29, 1.82) is 0 Å². The molecular formula is C9H10O3. The van der Waals surface area contributed by atoms with Crippen LogP contribution in [-0.4, -0.2) is 23.8 Å². The van der Waals surface area contributed by atoms with Crippen molar-refractivity contribution in [3.63, 3.8) is 0 Å². The highest BCUT2D eigenvalue weighted by Gasteiger charge is 2.09. The van der Waals surface area contributed by atoms with Crippen LogP contribution in [0.4, 0.5) is 0 Å². The highest BCUT2D eigenvalue weighted by Crippen LogP contribution is 2.04. The van der Waals surface area contributed by atoms with E-state index >= 15 is 0 Å². The average Bonchev–Trinajstić information content (AvgIpc) is 2.51. The van der Waals surface area contributed by atoms with Crippen LogP contribution >= 0.6 is 0 Å². The van der Waals surface area contributed by atoms with Crippen LogP contribution in [0, 0.1) is 0 Å². The number of esters is 1. The maximum Gasteiger partial charge on any atom is 0.346 e. The van der Waals surface area contributed by atoms with Crippen molar-refractivity contribution in [2.24, 2.45) is 0 Å². The molecule has 0 radical (unpaired) electrons. The summed E-state index contributed by atoms with van der Waals surface area (Å²) in [5.41, 5.74) is 3.10. The molecule has 0 aromatic rings.